The maximum Gasteiger partial charge on any atom is 0.418 e. The number of β-lactam (4-membered cyclic amide) rings is 1. The van der Waals surface area contributed by atoms with E-state index in [-0.39, 0.29) is 16.6 Å². The Kier molecular flexibility index (Phi) is 15.5. The van der Waals surface area contributed by atoms with Crippen molar-refractivity contribution in [3.05, 3.63) is 47.7 Å². The number of aryl methyl sites for hydroxylation is 2. The highest BCUT2D eigenvalue weighted by atomic mass is 32.3. The van der Waals surface area contributed by atoms with Gasteiger partial charge in [-0.25, -0.2) is 14.6 Å². The van der Waals surface area contributed by atoms with E-state index >= 15 is 0 Å². The largest absolute Gasteiger partial charge is 0.489 e. The summed E-state index contributed by atoms with van der Waals surface area (Å²) in [5.74, 6) is -3.76. The SMILES string of the molecule is COP(=O)(O)[C@@H](COc1ccc(-c2cn(CCCNC(=O)OC(C)(C)C)[n+](C)c2)cc1)O/N=C(\C(=O)N[C@@H]1C(=O)N(OS(=O)(=O)O)C1(C)C)c1csc(NC(=O)OC(C)(C)C)n1. The highest BCUT2D eigenvalue weighted by molar-refractivity contribution is 7.80. The second kappa shape index (κ2) is 19.5. The minimum Gasteiger partial charge on any atom is -0.489 e. The van der Waals surface area contributed by atoms with E-state index in [1.807, 2.05) is 28.8 Å². The minimum absolute atomic E-state index is 0.0477. The first-order valence-corrected chi connectivity index (χ1v) is 22.6. The maximum absolute atomic E-state index is 13.7. The fourth-order valence-corrected chi connectivity index (χ4v) is 7.26. The van der Waals surface area contributed by atoms with Crippen LogP contribution >= 0.6 is 18.9 Å². The number of oxime groups is 1. The number of nitrogens with one attached hydrogen (secondary N) is 3. The number of amides is 4. The van der Waals surface area contributed by atoms with Crippen LogP contribution in [0, 0.1) is 0 Å². The third kappa shape index (κ3) is 13.9. The van der Waals surface area contributed by atoms with Crippen molar-refractivity contribution in [3.8, 4) is 16.9 Å². The monoisotopic (exact) mass is 931 g/mol. The van der Waals surface area contributed by atoms with E-state index in [4.69, 9.17) is 28.1 Å². The van der Waals surface area contributed by atoms with Crippen LogP contribution < -0.4 is 25.4 Å². The number of hydrogen-bond donors (Lipinski definition) is 5. The Morgan fingerprint density at radius 3 is 2.27 bits per heavy atom. The lowest BCUT2D eigenvalue weighted by Gasteiger charge is -2.50. The molecule has 342 valence electrons. The predicted octanol–water partition coefficient (Wildman–Crippen LogP) is 3.50. The molecule has 26 heteroatoms. The molecule has 1 saturated heterocycles. The van der Waals surface area contributed by atoms with Crippen molar-refractivity contribution in [2.24, 2.45) is 12.2 Å². The fourth-order valence-electron chi connectivity index (χ4n) is 5.46. The third-order valence-electron chi connectivity index (χ3n) is 8.41. The number of aromatic nitrogens is 3. The molecule has 3 heterocycles. The van der Waals surface area contributed by atoms with Crippen LogP contribution in [0.4, 0.5) is 14.7 Å². The number of anilines is 1. The predicted molar refractivity (Wildman–Crippen MR) is 221 cm³/mol. The summed E-state index contributed by atoms with van der Waals surface area (Å²) in [6.45, 7) is 13.4. The molecule has 1 unspecified atom stereocenters. The van der Waals surface area contributed by atoms with Gasteiger partial charge in [0.25, 0.3) is 17.7 Å². The van der Waals surface area contributed by atoms with Crippen LogP contribution in [0.15, 0.2) is 47.2 Å². The van der Waals surface area contributed by atoms with E-state index in [2.05, 4.69) is 30.4 Å². The van der Waals surface area contributed by atoms with Crippen molar-refractivity contribution >= 4 is 64.2 Å². The Morgan fingerprint density at radius 2 is 1.69 bits per heavy atom. The smallest absolute Gasteiger partial charge is 0.418 e. The van der Waals surface area contributed by atoms with Crippen LogP contribution in [0.1, 0.15) is 67.5 Å². The fraction of sp³-hybridized carbons (Fsp3) is 0.528. The van der Waals surface area contributed by atoms with Gasteiger partial charge >= 0.3 is 30.2 Å². The number of thiazole rings is 1. The molecule has 0 bridgehead atoms. The molecule has 1 aromatic carbocycles. The number of alkyl carbamates (subject to hydrolysis) is 1. The van der Waals surface area contributed by atoms with E-state index in [0.717, 1.165) is 29.6 Å². The molecule has 1 fully saturated rings. The summed E-state index contributed by atoms with van der Waals surface area (Å²) in [5.41, 5.74) is -2.15. The molecule has 23 nitrogen and oxygen atoms in total. The van der Waals surface area contributed by atoms with Crippen molar-refractivity contribution < 1.29 is 74.1 Å². The van der Waals surface area contributed by atoms with Gasteiger partial charge in [0.2, 0.25) is 6.20 Å². The van der Waals surface area contributed by atoms with E-state index in [1.54, 1.807) is 65.8 Å². The van der Waals surface area contributed by atoms with E-state index in [9.17, 15) is 37.1 Å². The topological polar surface area (TPSA) is 289 Å². The number of carbonyl (C=O) groups excluding carboxylic acids is 4. The average Bonchev–Trinajstić information content (AvgIpc) is 3.76. The van der Waals surface area contributed by atoms with Gasteiger partial charge in [0.05, 0.1) is 23.8 Å². The molecule has 0 radical (unpaired) electrons. The van der Waals surface area contributed by atoms with Gasteiger partial charge in [-0.1, -0.05) is 17.3 Å². The molecule has 0 spiro atoms. The molecule has 0 aliphatic carbocycles. The molecule has 1 aliphatic rings. The zero-order valence-electron chi connectivity index (χ0n) is 35.7. The van der Waals surface area contributed by atoms with E-state index < -0.39 is 82.9 Å². The summed E-state index contributed by atoms with van der Waals surface area (Å²) >= 11 is 0.852. The molecule has 3 atom stereocenters. The lowest BCUT2D eigenvalue weighted by molar-refractivity contribution is -0.753. The third-order valence-corrected chi connectivity index (χ3v) is 11.0. The lowest BCUT2D eigenvalue weighted by atomic mass is 9.84. The van der Waals surface area contributed by atoms with Crippen molar-refractivity contribution in [1.82, 2.24) is 25.4 Å². The summed E-state index contributed by atoms with van der Waals surface area (Å²) in [6, 6.07) is 5.33. The second-order valence-corrected chi connectivity index (χ2v) is 20.1. The zero-order valence-corrected chi connectivity index (χ0v) is 38.3. The van der Waals surface area contributed by atoms with Crippen LogP contribution in [0.25, 0.3) is 11.1 Å². The number of hydrogen-bond acceptors (Lipinski definition) is 16. The number of rotatable bonds is 18. The molecule has 3 aromatic rings. The average molecular weight is 932 g/mol. The molecule has 4 amide bonds. The number of nitrogens with zero attached hydrogens (tertiary/aromatic N) is 5. The highest BCUT2D eigenvalue weighted by Gasteiger charge is 2.58. The number of hydroxylamine groups is 2. The maximum atomic E-state index is 13.7. The van der Waals surface area contributed by atoms with Crippen LogP contribution in [-0.2, 0) is 61.3 Å². The minimum atomic E-state index is -5.10. The molecule has 1 aliphatic heterocycles. The van der Waals surface area contributed by atoms with Gasteiger partial charge in [0.1, 0.15) is 35.3 Å². The van der Waals surface area contributed by atoms with Gasteiger partial charge in [0.15, 0.2) is 17.9 Å². The van der Waals surface area contributed by atoms with Gasteiger partial charge in [0, 0.05) is 19.0 Å². The van der Waals surface area contributed by atoms with E-state index in [1.165, 1.54) is 19.2 Å². The second-order valence-electron chi connectivity index (χ2n) is 16.2. The van der Waals surface area contributed by atoms with Crippen molar-refractivity contribution in [1.29, 1.82) is 0 Å². The van der Waals surface area contributed by atoms with Crippen LogP contribution in [0.2, 0.25) is 0 Å². The first-order valence-electron chi connectivity index (χ1n) is 18.7. The van der Waals surface area contributed by atoms with Crippen molar-refractivity contribution in [2.75, 3.05) is 25.6 Å². The van der Waals surface area contributed by atoms with Gasteiger partial charge in [-0.2, -0.15) is 18.2 Å². The standard InChI is InChI=1S/C36H51N8O15PS2/c1-34(2,3)56-32(47)37-16-11-17-43-19-23(18-42(43)9)22-12-14-24(15-13-22)55-20-26(60(49,50)54-10)58-41-27(25-21-61-31(38-25)40-33(48)57-35(4,5)6)29(45)39-28-30(46)44(36(28,7)8)59-62(51,52)53/h12-15,18-19,21,26,28H,11,16-17,20H2,1-10H3,(H4-,37,38,39,40,45,47,48,49,50,51,52,53)/p+1/b41-27-/t26-,28+/m0/s1. The summed E-state index contributed by atoms with van der Waals surface area (Å²) in [7, 11) is -6.94. The Hall–Kier alpha value is -5.17. The lowest BCUT2D eigenvalue weighted by Crippen LogP contribution is -2.76. The Morgan fingerprint density at radius 1 is 1.06 bits per heavy atom. The van der Waals surface area contributed by atoms with Gasteiger partial charge in [-0.15, -0.1) is 20.3 Å². The molecule has 0 saturated carbocycles. The first-order chi connectivity index (χ1) is 28.6. The van der Waals surface area contributed by atoms with Gasteiger partial charge in [-0.05, 0) is 79.5 Å². The Balaban J connectivity index is 1.50. The molecular weight excluding hydrogens is 880 g/mol. The Labute approximate surface area is 362 Å². The Bertz CT molecular complexity index is 2300. The van der Waals surface area contributed by atoms with Crippen LogP contribution in [-0.4, -0.2) is 111 Å². The van der Waals surface area contributed by atoms with Crippen molar-refractivity contribution in [2.45, 2.75) is 97.0 Å². The van der Waals surface area contributed by atoms with Crippen LogP contribution in [0.5, 0.6) is 5.75 Å². The summed E-state index contributed by atoms with van der Waals surface area (Å²) in [6.07, 6.45) is 3.14. The molecule has 2 aromatic heterocycles. The van der Waals surface area contributed by atoms with E-state index in [0.29, 0.717) is 24.6 Å². The van der Waals surface area contributed by atoms with Crippen molar-refractivity contribution in [3.63, 3.8) is 0 Å². The number of carbonyl (C=O) groups is 4. The molecule has 4 rings (SSSR count). The van der Waals surface area contributed by atoms with Gasteiger partial charge in [-0.3, -0.25) is 24.0 Å². The van der Waals surface area contributed by atoms with Crippen LogP contribution in [0.3, 0.4) is 0 Å². The molecule has 62 heavy (non-hydrogen) atoms. The quantitative estimate of drug-likeness (QED) is 0.0232. The molecular formula is C36H52N8O15PS2+. The summed E-state index contributed by atoms with van der Waals surface area (Å²) in [4.78, 5) is 71.2. The highest BCUT2D eigenvalue weighted by Crippen LogP contribution is 2.47. The number of ether oxygens (including phenoxy) is 3. The molecule has 5 N–H and O–H groups in total. The van der Waals surface area contributed by atoms with Gasteiger partial charge < -0.3 is 39.1 Å². The summed E-state index contributed by atoms with van der Waals surface area (Å²) in [5, 5.41) is 12.9. The normalized spacial score (nSPS) is 17.0. The number of benzene rings is 1. The zero-order chi connectivity index (χ0) is 46.4. The first kappa shape index (κ1) is 49.5. The summed E-state index contributed by atoms with van der Waals surface area (Å²) < 4.78 is 74.2.